The molecule has 1 unspecified atom stereocenters. The van der Waals surface area contributed by atoms with Crippen LogP contribution in [0.5, 0.6) is 0 Å². The molecule has 28 heavy (non-hydrogen) atoms. The molecule has 1 aromatic carbocycles. The van der Waals surface area contributed by atoms with E-state index in [1.54, 1.807) is 6.20 Å². The summed E-state index contributed by atoms with van der Waals surface area (Å²) in [5, 5.41) is 6.99. The maximum absolute atomic E-state index is 12.3. The Labute approximate surface area is 163 Å². The molecule has 0 saturated heterocycles. The van der Waals surface area contributed by atoms with Gasteiger partial charge in [-0.1, -0.05) is 41.6 Å². The number of nitrogens with one attached hydrogen (secondary N) is 1. The quantitative estimate of drug-likeness (QED) is 0.681. The average Bonchev–Trinajstić information content (AvgIpc) is 3.19. The summed E-state index contributed by atoms with van der Waals surface area (Å²) in [6.07, 6.45) is 10.2. The van der Waals surface area contributed by atoms with Gasteiger partial charge in [0.15, 0.2) is 5.76 Å². The fourth-order valence-electron chi connectivity index (χ4n) is 3.38. The summed E-state index contributed by atoms with van der Waals surface area (Å²) in [6.45, 7) is 2.40. The number of allylic oxidation sites excluding steroid dienone is 2. The molecule has 2 heterocycles. The molecule has 0 spiro atoms. The lowest BCUT2D eigenvalue weighted by Crippen LogP contribution is -2.30. The van der Waals surface area contributed by atoms with Crippen molar-refractivity contribution in [3.05, 3.63) is 66.3 Å². The minimum absolute atomic E-state index is 0.0956. The van der Waals surface area contributed by atoms with Gasteiger partial charge in [-0.05, 0) is 31.7 Å². The van der Waals surface area contributed by atoms with Crippen LogP contribution in [0.3, 0.4) is 0 Å². The van der Waals surface area contributed by atoms with Gasteiger partial charge in [0.2, 0.25) is 5.91 Å². The predicted molar refractivity (Wildman–Crippen MR) is 106 cm³/mol. The lowest BCUT2D eigenvalue weighted by molar-refractivity contribution is -0.125. The number of aryl methyl sites for hydroxylation is 1. The van der Waals surface area contributed by atoms with Gasteiger partial charge in [-0.15, -0.1) is 0 Å². The summed E-state index contributed by atoms with van der Waals surface area (Å²) < 4.78 is 5.38. The van der Waals surface area contributed by atoms with Crippen molar-refractivity contribution in [3.63, 3.8) is 0 Å². The highest BCUT2D eigenvalue weighted by atomic mass is 16.5. The predicted octanol–water partition coefficient (Wildman–Crippen LogP) is 4.08. The second-order valence-corrected chi connectivity index (χ2v) is 7.01. The van der Waals surface area contributed by atoms with Gasteiger partial charge in [-0.3, -0.25) is 4.79 Å². The SMILES string of the molecule is Cc1cc(-c2cncnc2-c2ccc(CNC(=O)C3CC=CCC3)cc2)on1. The van der Waals surface area contributed by atoms with Crippen LogP contribution in [0.15, 0.2) is 59.5 Å². The van der Waals surface area contributed by atoms with Crippen molar-refractivity contribution in [3.8, 4) is 22.6 Å². The van der Waals surface area contributed by atoms with E-state index < -0.39 is 0 Å². The van der Waals surface area contributed by atoms with Crippen molar-refractivity contribution in [2.45, 2.75) is 32.7 Å². The molecule has 0 aliphatic heterocycles. The van der Waals surface area contributed by atoms with E-state index in [1.807, 2.05) is 37.3 Å². The molecule has 1 aliphatic rings. The van der Waals surface area contributed by atoms with E-state index in [1.165, 1.54) is 6.33 Å². The van der Waals surface area contributed by atoms with Crippen molar-refractivity contribution >= 4 is 5.91 Å². The molecule has 0 saturated carbocycles. The topological polar surface area (TPSA) is 80.9 Å². The van der Waals surface area contributed by atoms with Crippen LogP contribution in [0.4, 0.5) is 0 Å². The summed E-state index contributed by atoms with van der Waals surface area (Å²) in [6, 6.07) is 9.88. The second kappa shape index (κ2) is 8.17. The summed E-state index contributed by atoms with van der Waals surface area (Å²) in [4.78, 5) is 20.8. The fraction of sp³-hybridized carbons (Fsp3) is 0.273. The van der Waals surface area contributed by atoms with Gasteiger partial charge in [0.1, 0.15) is 6.33 Å². The smallest absolute Gasteiger partial charge is 0.223 e. The molecule has 3 aromatic rings. The summed E-state index contributed by atoms with van der Waals surface area (Å²) in [7, 11) is 0. The van der Waals surface area contributed by atoms with Gasteiger partial charge in [0.05, 0.1) is 17.0 Å². The molecule has 1 N–H and O–H groups in total. The van der Waals surface area contributed by atoms with Crippen molar-refractivity contribution in [1.29, 1.82) is 0 Å². The van der Waals surface area contributed by atoms with Crippen LogP contribution in [0, 0.1) is 12.8 Å². The number of carbonyl (C=O) groups is 1. The van der Waals surface area contributed by atoms with E-state index in [4.69, 9.17) is 4.52 Å². The minimum Gasteiger partial charge on any atom is -0.356 e. The zero-order valence-electron chi connectivity index (χ0n) is 15.8. The first-order valence-corrected chi connectivity index (χ1v) is 9.46. The van der Waals surface area contributed by atoms with Crippen LogP contribution in [0.2, 0.25) is 0 Å². The van der Waals surface area contributed by atoms with Crippen LogP contribution >= 0.6 is 0 Å². The van der Waals surface area contributed by atoms with E-state index in [2.05, 4.69) is 32.6 Å². The molecule has 0 radical (unpaired) electrons. The highest BCUT2D eigenvalue weighted by Crippen LogP contribution is 2.30. The molecule has 1 amide bonds. The maximum Gasteiger partial charge on any atom is 0.223 e. The molecule has 4 rings (SSSR count). The van der Waals surface area contributed by atoms with E-state index in [-0.39, 0.29) is 11.8 Å². The third-order valence-corrected chi connectivity index (χ3v) is 4.94. The zero-order valence-corrected chi connectivity index (χ0v) is 15.8. The Bertz CT molecular complexity index is 992. The van der Waals surface area contributed by atoms with E-state index in [0.29, 0.717) is 12.3 Å². The molecular weight excluding hydrogens is 352 g/mol. The number of carbonyl (C=O) groups excluding carboxylic acids is 1. The van der Waals surface area contributed by atoms with Crippen molar-refractivity contribution in [2.75, 3.05) is 0 Å². The first-order valence-electron chi connectivity index (χ1n) is 9.46. The summed E-state index contributed by atoms with van der Waals surface area (Å²) >= 11 is 0. The second-order valence-electron chi connectivity index (χ2n) is 7.01. The number of aromatic nitrogens is 3. The molecule has 6 nitrogen and oxygen atoms in total. The number of benzene rings is 1. The van der Waals surface area contributed by atoms with E-state index >= 15 is 0 Å². The van der Waals surface area contributed by atoms with Crippen LogP contribution in [0.25, 0.3) is 22.6 Å². The molecule has 1 aliphatic carbocycles. The Kier molecular flexibility index (Phi) is 5.28. The number of hydrogen-bond acceptors (Lipinski definition) is 5. The van der Waals surface area contributed by atoms with Crippen molar-refractivity contribution in [1.82, 2.24) is 20.4 Å². The molecule has 142 valence electrons. The Morgan fingerprint density at radius 2 is 2.11 bits per heavy atom. The van der Waals surface area contributed by atoms with Gasteiger partial charge in [-0.25, -0.2) is 9.97 Å². The Morgan fingerprint density at radius 3 is 2.82 bits per heavy atom. The molecule has 0 fully saturated rings. The van der Waals surface area contributed by atoms with E-state index in [9.17, 15) is 4.79 Å². The summed E-state index contributed by atoms with van der Waals surface area (Å²) in [5.74, 6) is 0.872. The van der Waals surface area contributed by atoms with Crippen molar-refractivity contribution in [2.24, 2.45) is 5.92 Å². The molecule has 1 atom stereocenters. The van der Waals surface area contributed by atoms with Crippen LogP contribution < -0.4 is 5.32 Å². The lowest BCUT2D eigenvalue weighted by atomic mass is 9.93. The zero-order chi connectivity index (χ0) is 19.3. The average molecular weight is 374 g/mol. The third kappa shape index (κ3) is 4.01. The van der Waals surface area contributed by atoms with Gasteiger partial charge in [-0.2, -0.15) is 0 Å². The third-order valence-electron chi connectivity index (χ3n) is 4.94. The van der Waals surface area contributed by atoms with Crippen molar-refractivity contribution < 1.29 is 9.32 Å². The molecule has 2 aromatic heterocycles. The monoisotopic (exact) mass is 374 g/mol. The normalized spacial score (nSPS) is 16.1. The van der Waals surface area contributed by atoms with Crippen LogP contribution in [-0.2, 0) is 11.3 Å². The van der Waals surface area contributed by atoms with Gasteiger partial charge < -0.3 is 9.84 Å². The van der Waals surface area contributed by atoms with Crippen LogP contribution in [-0.4, -0.2) is 21.0 Å². The maximum atomic E-state index is 12.3. The largest absolute Gasteiger partial charge is 0.356 e. The first kappa shape index (κ1) is 18.1. The molecular formula is C22H22N4O2. The highest BCUT2D eigenvalue weighted by molar-refractivity contribution is 5.79. The minimum atomic E-state index is 0.0956. The number of amides is 1. The Balaban J connectivity index is 1.47. The lowest BCUT2D eigenvalue weighted by Gasteiger charge is -2.17. The Hall–Kier alpha value is -3.28. The van der Waals surface area contributed by atoms with Crippen LogP contribution in [0.1, 0.15) is 30.5 Å². The summed E-state index contributed by atoms with van der Waals surface area (Å²) in [5.41, 5.74) is 4.41. The first-order chi connectivity index (χ1) is 13.7. The molecule has 6 heteroatoms. The number of hydrogen-bond donors (Lipinski definition) is 1. The van der Waals surface area contributed by atoms with E-state index in [0.717, 1.165) is 47.3 Å². The number of nitrogens with zero attached hydrogens (tertiary/aromatic N) is 3. The Morgan fingerprint density at radius 1 is 1.25 bits per heavy atom. The number of rotatable bonds is 5. The van der Waals surface area contributed by atoms with Gasteiger partial charge in [0.25, 0.3) is 0 Å². The van der Waals surface area contributed by atoms with Gasteiger partial charge in [0, 0.05) is 30.3 Å². The fourth-order valence-corrected chi connectivity index (χ4v) is 3.38. The molecule has 0 bridgehead atoms. The van der Waals surface area contributed by atoms with Gasteiger partial charge >= 0.3 is 0 Å². The highest BCUT2D eigenvalue weighted by Gasteiger charge is 2.18. The standard InChI is InChI=1S/C22H22N4O2/c1-15-11-20(28-26-15)19-13-23-14-25-21(19)17-9-7-16(8-10-17)12-24-22(27)18-5-3-2-4-6-18/h2-3,7-11,13-14,18H,4-6,12H2,1H3,(H,24,27).